The highest BCUT2D eigenvalue weighted by atomic mass is 35.5. The van der Waals surface area contributed by atoms with Crippen LogP contribution in [0.4, 0.5) is 0 Å². The third-order valence-electron chi connectivity index (χ3n) is 4.83. The molecule has 0 aliphatic carbocycles. The van der Waals surface area contributed by atoms with E-state index in [9.17, 15) is 14.4 Å². The molecule has 0 fully saturated rings. The van der Waals surface area contributed by atoms with Crippen molar-refractivity contribution in [2.24, 2.45) is 0 Å². The lowest BCUT2D eigenvalue weighted by molar-refractivity contribution is 0.0623. The number of hydrogen-bond acceptors (Lipinski definition) is 5. The van der Waals surface area contributed by atoms with Gasteiger partial charge in [0.1, 0.15) is 17.5 Å². The summed E-state index contributed by atoms with van der Waals surface area (Å²) in [5.41, 5.74) is 2.07. The number of pyridine rings is 1. The number of carbonyl (C=O) groups excluding carboxylic acids is 3. The van der Waals surface area contributed by atoms with Gasteiger partial charge >= 0.3 is 0 Å². The van der Waals surface area contributed by atoms with Crippen LogP contribution in [-0.4, -0.2) is 34.0 Å². The molecular formula is C23H17ClN2O4. The lowest BCUT2D eigenvalue weighted by Crippen LogP contribution is -2.35. The highest BCUT2D eigenvalue weighted by Crippen LogP contribution is 2.28. The molecule has 0 atom stereocenters. The molecule has 0 radical (unpaired) electrons. The number of ether oxygens (including phenoxy) is 1. The number of rotatable bonds is 6. The topological polar surface area (TPSA) is 76.6 Å². The Morgan fingerprint density at radius 3 is 2.23 bits per heavy atom. The molecule has 150 valence electrons. The van der Waals surface area contributed by atoms with Crippen LogP contribution in [0.2, 0.25) is 5.15 Å². The zero-order chi connectivity index (χ0) is 21.3. The van der Waals surface area contributed by atoms with Gasteiger partial charge in [-0.05, 0) is 24.6 Å². The number of aryl methyl sites for hydroxylation is 1. The van der Waals surface area contributed by atoms with Crippen LogP contribution in [0.15, 0.2) is 60.7 Å². The summed E-state index contributed by atoms with van der Waals surface area (Å²) < 4.78 is 5.85. The van der Waals surface area contributed by atoms with Gasteiger partial charge in [-0.25, -0.2) is 4.98 Å². The van der Waals surface area contributed by atoms with Crippen LogP contribution in [0.25, 0.3) is 0 Å². The maximum Gasteiger partial charge on any atom is 0.261 e. The SMILES string of the molecule is Cc1nc(Cl)cc(OCc2ccccc2)c1C(=O)CN1C(=O)c2ccccc2C1=O. The Labute approximate surface area is 178 Å². The van der Waals surface area contributed by atoms with E-state index in [0.29, 0.717) is 16.8 Å². The number of carbonyl (C=O) groups is 3. The van der Waals surface area contributed by atoms with Crippen molar-refractivity contribution in [3.8, 4) is 5.75 Å². The number of aromatic nitrogens is 1. The van der Waals surface area contributed by atoms with Crippen molar-refractivity contribution in [2.45, 2.75) is 13.5 Å². The summed E-state index contributed by atoms with van der Waals surface area (Å²) in [6.07, 6.45) is 0. The second-order valence-electron chi connectivity index (χ2n) is 6.84. The lowest BCUT2D eigenvalue weighted by atomic mass is 10.1. The summed E-state index contributed by atoms with van der Waals surface area (Å²) in [4.78, 5) is 43.4. The molecule has 7 heteroatoms. The average Bonchev–Trinajstić information content (AvgIpc) is 2.97. The van der Waals surface area contributed by atoms with Crippen molar-refractivity contribution >= 4 is 29.2 Å². The zero-order valence-corrected chi connectivity index (χ0v) is 16.8. The van der Waals surface area contributed by atoms with Crippen LogP contribution in [0.1, 0.15) is 42.3 Å². The average molecular weight is 421 g/mol. The van der Waals surface area contributed by atoms with E-state index in [0.717, 1.165) is 10.5 Å². The van der Waals surface area contributed by atoms with E-state index in [1.807, 2.05) is 30.3 Å². The molecule has 2 amide bonds. The molecular weight excluding hydrogens is 404 g/mol. The maximum atomic E-state index is 13.1. The molecule has 0 unspecified atom stereocenters. The van der Waals surface area contributed by atoms with Crippen molar-refractivity contribution in [2.75, 3.05) is 6.54 Å². The molecule has 0 N–H and O–H groups in total. The third-order valence-corrected chi connectivity index (χ3v) is 5.02. The fourth-order valence-corrected chi connectivity index (χ4v) is 3.63. The van der Waals surface area contributed by atoms with Gasteiger partial charge in [-0.1, -0.05) is 54.1 Å². The van der Waals surface area contributed by atoms with Crippen molar-refractivity contribution in [3.63, 3.8) is 0 Å². The minimum absolute atomic E-state index is 0.188. The Balaban J connectivity index is 1.60. The monoisotopic (exact) mass is 420 g/mol. The number of hydrogen-bond donors (Lipinski definition) is 0. The lowest BCUT2D eigenvalue weighted by Gasteiger charge is -2.17. The van der Waals surface area contributed by atoms with Gasteiger partial charge in [-0.2, -0.15) is 0 Å². The molecule has 1 aliphatic rings. The highest BCUT2D eigenvalue weighted by molar-refractivity contribution is 6.29. The van der Waals surface area contributed by atoms with Gasteiger partial charge < -0.3 is 4.74 Å². The third kappa shape index (κ3) is 3.69. The maximum absolute atomic E-state index is 13.1. The summed E-state index contributed by atoms with van der Waals surface area (Å²) in [5, 5.41) is 0.188. The molecule has 0 saturated heterocycles. The Hall–Kier alpha value is -3.51. The molecule has 2 heterocycles. The number of amides is 2. The zero-order valence-electron chi connectivity index (χ0n) is 16.1. The number of Topliss-reactive ketones (excluding diaryl/α,β-unsaturated/α-hetero) is 1. The second kappa shape index (κ2) is 8.08. The van der Waals surface area contributed by atoms with E-state index in [1.54, 1.807) is 31.2 Å². The number of imide groups is 1. The van der Waals surface area contributed by atoms with Crippen molar-refractivity contribution in [1.29, 1.82) is 0 Å². The molecule has 30 heavy (non-hydrogen) atoms. The normalized spacial score (nSPS) is 12.8. The fraction of sp³-hybridized carbons (Fsp3) is 0.130. The summed E-state index contributed by atoms with van der Waals surface area (Å²) in [6.45, 7) is 1.46. The molecule has 0 saturated carbocycles. The van der Waals surface area contributed by atoms with Gasteiger partial charge in [0.2, 0.25) is 0 Å². The predicted octanol–water partition coefficient (Wildman–Crippen LogP) is 4.10. The van der Waals surface area contributed by atoms with Crippen LogP contribution in [0.3, 0.4) is 0 Å². The van der Waals surface area contributed by atoms with E-state index in [1.165, 1.54) is 6.07 Å². The Bertz CT molecular complexity index is 1130. The quantitative estimate of drug-likeness (QED) is 0.341. The van der Waals surface area contributed by atoms with Gasteiger partial charge in [-0.15, -0.1) is 0 Å². The van der Waals surface area contributed by atoms with Gasteiger partial charge in [0.05, 0.1) is 28.9 Å². The number of benzene rings is 2. The first-order valence-corrected chi connectivity index (χ1v) is 9.66. The standard InChI is InChI=1S/C23H17ClN2O4/c1-14-21(19(11-20(24)25-14)30-13-15-7-3-2-4-8-15)18(27)12-26-22(28)16-9-5-6-10-17(16)23(26)29/h2-11H,12-13H2,1H3. The first-order valence-electron chi connectivity index (χ1n) is 9.28. The van der Waals surface area contributed by atoms with Crippen LogP contribution in [0.5, 0.6) is 5.75 Å². The molecule has 0 spiro atoms. The van der Waals surface area contributed by atoms with E-state index >= 15 is 0 Å². The minimum Gasteiger partial charge on any atom is -0.488 e. The fourth-order valence-electron chi connectivity index (χ4n) is 3.40. The molecule has 0 bridgehead atoms. The number of nitrogens with zero attached hydrogens (tertiary/aromatic N) is 2. The van der Waals surface area contributed by atoms with Gasteiger partial charge in [0.25, 0.3) is 11.8 Å². The molecule has 2 aromatic carbocycles. The van der Waals surface area contributed by atoms with Crippen molar-refractivity contribution in [3.05, 3.63) is 93.8 Å². The smallest absolute Gasteiger partial charge is 0.261 e. The number of fused-ring (bicyclic) bond motifs is 1. The first kappa shape index (κ1) is 19.8. The summed E-state index contributed by atoms with van der Waals surface area (Å²) >= 11 is 6.06. The molecule has 1 aromatic heterocycles. The highest BCUT2D eigenvalue weighted by Gasteiger charge is 2.37. The largest absolute Gasteiger partial charge is 0.488 e. The van der Waals surface area contributed by atoms with E-state index in [-0.39, 0.29) is 23.1 Å². The first-order chi connectivity index (χ1) is 14.5. The van der Waals surface area contributed by atoms with Crippen molar-refractivity contribution < 1.29 is 19.1 Å². The summed E-state index contributed by atoms with van der Waals surface area (Å²) in [5.74, 6) is -1.17. The van der Waals surface area contributed by atoms with Crippen LogP contribution >= 0.6 is 11.6 Å². The minimum atomic E-state index is -0.490. The number of ketones is 1. The molecule has 6 nitrogen and oxygen atoms in total. The van der Waals surface area contributed by atoms with Crippen LogP contribution in [0, 0.1) is 6.92 Å². The van der Waals surface area contributed by atoms with E-state index in [4.69, 9.17) is 16.3 Å². The Morgan fingerprint density at radius 1 is 1.00 bits per heavy atom. The van der Waals surface area contributed by atoms with Gasteiger partial charge in [-0.3, -0.25) is 19.3 Å². The van der Waals surface area contributed by atoms with Crippen LogP contribution < -0.4 is 4.74 Å². The molecule has 1 aliphatic heterocycles. The number of halogens is 1. The molecule has 4 rings (SSSR count). The summed E-state index contributed by atoms with van der Waals surface area (Å²) in [7, 11) is 0. The van der Waals surface area contributed by atoms with E-state index < -0.39 is 24.1 Å². The van der Waals surface area contributed by atoms with Gasteiger partial charge in [0, 0.05) is 6.07 Å². The van der Waals surface area contributed by atoms with E-state index in [2.05, 4.69) is 4.98 Å². The Kier molecular flexibility index (Phi) is 5.33. The van der Waals surface area contributed by atoms with Gasteiger partial charge in [0.15, 0.2) is 5.78 Å². The summed E-state index contributed by atoms with van der Waals surface area (Å²) in [6, 6.07) is 17.4. The second-order valence-corrected chi connectivity index (χ2v) is 7.23. The molecule has 3 aromatic rings. The van der Waals surface area contributed by atoms with Crippen molar-refractivity contribution in [1.82, 2.24) is 9.88 Å². The predicted molar refractivity (Wildman–Crippen MR) is 111 cm³/mol. The van der Waals surface area contributed by atoms with Crippen LogP contribution in [-0.2, 0) is 6.61 Å². The Morgan fingerprint density at radius 2 is 1.60 bits per heavy atom.